The molecule has 2 rings (SSSR count). The fourth-order valence-electron chi connectivity index (χ4n) is 2.12. The molecule has 0 bridgehead atoms. The number of nitrogens with zero attached hydrogens (tertiary/aromatic N) is 2. The van der Waals surface area contributed by atoms with Crippen LogP contribution in [-0.2, 0) is 16.6 Å². The van der Waals surface area contributed by atoms with Gasteiger partial charge in [-0.05, 0) is 32.9 Å². The van der Waals surface area contributed by atoms with Crippen molar-refractivity contribution in [2.45, 2.75) is 26.9 Å². The number of aromatic nitrogens is 2. The normalized spacial score (nSPS) is 11.9. The molecule has 0 aliphatic carbocycles. The van der Waals surface area contributed by atoms with Crippen LogP contribution in [0.15, 0.2) is 18.2 Å². The zero-order valence-corrected chi connectivity index (χ0v) is 15.2. The first kappa shape index (κ1) is 18.3. The molecule has 1 aromatic heterocycles. The van der Waals surface area contributed by atoms with Crippen LogP contribution < -0.4 is 5.32 Å². The van der Waals surface area contributed by atoms with Crippen molar-refractivity contribution in [2.75, 3.05) is 5.32 Å². The maximum Gasteiger partial charge on any atom is 0.340 e. The number of hydrogen-bond donors (Lipinski definition) is 1. The monoisotopic (exact) mass is 369 g/mol. The van der Waals surface area contributed by atoms with Gasteiger partial charge < -0.3 is 10.1 Å². The van der Waals surface area contributed by atoms with Crippen LogP contribution in [0.2, 0.25) is 10.0 Å². The highest BCUT2D eigenvalue weighted by Crippen LogP contribution is 2.26. The summed E-state index contributed by atoms with van der Waals surface area (Å²) in [4.78, 5) is 24.4. The molecule has 128 valence electrons. The molecule has 1 aromatic carbocycles. The molecule has 1 amide bonds. The Morgan fingerprint density at radius 2 is 1.96 bits per heavy atom. The van der Waals surface area contributed by atoms with E-state index >= 15 is 0 Å². The number of anilines is 1. The molecule has 24 heavy (non-hydrogen) atoms. The minimum absolute atomic E-state index is 0.0933. The molecule has 8 heteroatoms. The number of amides is 1. The van der Waals surface area contributed by atoms with Crippen LogP contribution in [-0.4, -0.2) is 27.8 Å². The minimum atomic E-state index is -1.01. The molecule has 0 spiro atoms. The summed E-state index contributed by atoms with van der Waals surface area (Å²) in [6.45, 7) is 5.09. The third-order valence-corrected chi connectivity index (χ3v) is 4.40. The van der Waals surface area contributed by atoms with E-state index in [4.69, 9.17) is 27.9 Å². The predicted molar refractivity (Wildman–Crippen MR) is 92.7 cm³/mol. The summed E-state index contributed by atoms with van der Waals surface area (Å²) in [5.41, 5.74) is 2.20. The second-order valence-corrected chi connectivity index (χ2v) is 6.09. The third-order valence-electron chi connectivity index (χ3n) is 3.58. The molecule has 0 saturated heterocycles. The first-order valence-corrected chi connectivity index (χ1v) is 7.94. The number of carbonyl (C=O) groups excluding carboxylic acids is 2. The second kappa shape index (κ2) is 7.23. The Kier molecular flexibility index (Phi) is 5.51. The summed E-state index contributed by atoms with van der Waals surface area (Å²) in [6.07, 6.45) is -1.01. The molecular weight excluding hydrogens is 353 g/mol. The molecule has 6 nitrogen and oxygen atoms in total. The van der Waals surface area contributed by atoms with Gasteiger partial charge in [0.1, 0.15) is 0 Å². The van der Waals surface area contributed by atoms with Crippen LogP contribution in [0.4, 0.5) is 5.69 Å². The number of halogens is 2. The molecule has 0 radical (unpaired) electrons. The lowest BCUT2D eigenvalue weighted by molar-refractivity contribution is -0.123. The van der Waals surface area contributed by atoms with Gasteiger partial charge in [-0.1, -0.05) is 29.3 Å². The number of carbonyl (C=O) groups is 2. The lowest BCUT2D eigenvalue weighted by Gasteiger charge is -2.14. The number of hydrogen-bond acceptors (Lipinski definition) is 4. The van der Waals surface area contributed by atoms with E-state index in [2.05, 4.69) is 10.4 Å². The molecule has 1 atom stereocenters. The first-order valence-electron chi connectivity index (χ1n) is 7.18. The SMILES string of the molecule is Cc1nn(C)c(C)c1NC(=O)[C@H](C)OC(=O)c1cccc(Cl)c1Cl. The Morgan fingerprint density at radius 1 is 1.29 bits per heavy atom. The fraction of sp³-hybridized carbons (Fsp3) is 0.312. The molecular formula is C16H17Cl2N3O3. The van der Waals surface area contributed by atoms with E-state index in [9.17, 15) is 9.59 Å². The van der Waals surface area contributed by atoms with Crippen molar-refractivity contribution >= 4 is 40.8 Å². The van der Waals surface area contributed by atoms with E-state index in [-0.39, 0.29) is 15.6 Å². The highest BCUT2D eigenvalue weighted by atomic mass is 35.5. The van der Waals surface area contributed by atoms with E-state index in [1.54, 1.807) is 30.8 Å². The topological polar surface area (TPSA) is 73.2 Å². The first-order chi connectivity index (χ1) is 11.2. The second-order valence-electron chi connectivity index (χ2n) is 5.31. The Hall–Kier alpha value is -2.05. The van der Waals surface area contributed by atoms with Crippen LogP contribution in [0.1, 0.15) is 28.7 Å². The summed E-state index contributed by atoms with van der Waals surface area (Å²) in [5, 5.41) is 7.27. The van der Waals surface area contributed by atoms with Crippen molar-refractivity contribution in [3.8, 4) is 0 Å². The highest BCUT2D eigenvalue weighted by Gasteiger charge is 2.23. The lowest BCUT2D eigenvalue weighted by atomic mass is 10.2. The van der Waals surface area contributed by atoms with Gasteiger partial charge in [0.25, 0.3) is 5.91 Å². The molecule has 0 aliphatic heterocycles. The van der Waals surface area contributed by atoms with Crippen LogP contribution in [0.25, 0.3) is 0 Å². The quantitative estimate of drug-likeness (QED) is 0.836. The summed E-state index contributed by atoms with van der Waals surface area (Å²) in [7, 11) is 1.78. The number of ether oxygens (including phenoxy) is 1. The Labute approximate surface area is 149 Å². The van der Waals surface area contributed by atoms with Crippen LogP contribution in [0.5, 0.6) is 0 Å². The van der Waals surface area contributed by atoms with Crippen molar-refractivity contribution < 1.29 is 14.3 Å². The number of benzene rings is 1. The summed E-state index contributed by atoms with van der Waals surface area (Å²) in [5.74, 6) is -1.18. The summed E-state index contributed by atoms with van der Waals surface area (Å²) in [6, 6.07) is 4.62. The molecule has 2 aromatic rings. The Balaban J connectivity index is 2.09. The highest BCUT2D eigenvalue weighted by molar-refractivity contribution is 6.43. The van der Waals surface area contributed by atoms with E-state index in [0.29, 0.717) is 11.4 Å². The maximum atomic E-state index is 12.3. The zero-order valence-electron chi connectivity index (χ0n) is 13.7. The van der Waals surface area contributed by atoms with Gasteiger partial charge in [-0.25, -0.2) is 4.79 Å². The minimum Gasteiger partial charge on any atom is -0.449 e. The van der Waals surface area contributed by atoms with Crippen molar-refractivity contribution in [1.82, 2.24) is 9.78 Å². The maximum absolute atomic E-state index is 12.3. The van der Waals surface area contributed by atoms with Crippen molar-refractivity contribution in [3.63, 3.8) is 0 Å². The summed E-state index contributed by atoms with van der Waals surface area (Å²) < 4.78 is 6.83. The molecule has 0 aliphatic rings. The van der Waals surface area contributed by atoms with Gasteiger partial charge in [-0.15, -0.1) is 0 Å². The average Bonchev–Trinajstić information content (AvgIpc) is 2.76. The largest absolute Gasteiger partial charge is 0.449 e. The van der Waals surface area contributed by atoms with Gasteiger partial charge in [0, 0.05) is 7.05 Å². The predicted octanol–water partition coefficient (Wildman–Crippen LogP) is 3.53. The van der Waals surface area contributed by atoms with Gasteiger partial charge in [-0.2, -0.15) is 5.10 Å². The number of nitrogens with one attached hydrogen (secondary N) is 1. The smallest absolute Gasteiger partial charge is 0.340 e. The van der Waals surface area contributed by atoms with E-state index in [0.717, 1.165) is 5.69 Å². The van der Waals surface area contributed by atoms with E-state index in [1.165, 1.54) is 13.0 Å². The standard InChI is InChI=1S/C16H17Cl2N3O3/c1-8-14(9(2)21(4)20-8)19-15(22)10(3)24-16(23)11-6-5-7-12(17)13(11)18/h5-7,10H,1-4H3,(H,19,22)/t10-/m0/s1. The van der Waals surface area contributed by atoms with Gasteiger partial charge >= 0.3 is 5.97 Å². The molecule has 1 heterocycles. The van der Waals surface area contributed by atoms with E-state index in [1.807, 2.05) is 6.92 Å². The molecule has 0 unspecified atom stereocenters. The zero-order chi connectivity index (χ0) is 18.0. The van der Waals surface area contributed by atoms with Crippen molar-refractivity contribution in [1.29, 1.82) is 0 Å². The van der Waals surface area contributed by atoms with Crippen LogP contribution >= 0.6 is 23.2 Å². The van der Waals surface area contributed by atoms with Crippen molar-refractivity contribution in [3.05, 3.63) is 45.2 Å². The van der Waals surface area contributed by atoms with Gasteiger partial charge in [0.05, 0.1) is 32.7 Å². The van der Waals surface area contributed by atoms with Gasteiger partial charge in [0.2, 0.25) is 0 Å². The number of aryl methyl sites for hydroxylation is 2. The lowest BCUT2D eigenvalue weighted by Crippen LogP contribution is -2.30. The molecule has 0 saturated carbocycles. The Morgan fingerprint density at radius 3 is 2.54 bits per heavy atom. The third kappa shape index (κ3) is 3.71. The van der Waals surface area contributed by atoms with Gasteiger partial charge in [-0.3, -0.25) is 9.48 Å². The van der Waals surface area contributed by atoms with Gasteiger partial charge in [0.15, 0.2) is 6.10 Å². The Bertz CT molecular complexity index is 802. The average molecular weight is 370 g/mol. The number of esters is 1. The van der Waals surface area contributed by atoms with E-state index < -0.39 is 18.0 Å². The molecule has 0 fully saturated rings. The van der Waals surface area contributed by atoms with Crippen LogP contribution in [0, 0.1) is 13.8 Å². The molecule has 1 N–H and O–H groups in total. The summed E-state index contributed by atoms with van der Waals surface area (Å²) >= 11 is 11.9. The fourth-order valence-corrected chi connectivity index (χ4v) is 2.50. The number of rotatable bonds is 4. The van der Waals surface area contributed by atoms with Crippen LogP contribution in [0.3, 0.4) is 0 Å². The van der Waals surface area contributed by atoms with Crippen molar-refractivity contribution in [2.24, 2.45) is 7.05 Å².